The molecule has 2 fully saturated rings. The summed E-state index contributed by atoms with van der Waals surface area (Å²) in [6.45, 7) is -1.16. The molecule has 9 heteroatoms. The molecule has 0 radical (unpaired) electrons. The fourth-order valence-corrected chi connectivity index (χ4v) is 4.81. The number of fused-ring (bicyclic) bond motifs is 1. The number of nitrogens with zero attached hydrogens (tertiary/aromatic N) is 3. The largest absolute Gasteiger partial charge is 0.454 e. The minimum Gasteiger partial charge on any atom is -0.454 e. The van der Waals surface area contributed by atoms with Crippen molar-refractivity contribution in [2.45, 2.75) is 57.7 Å². The monoisotopic (exact) mass is 438 g/mol. The van der Waals surface area contributed by atoms with Crippen molar-refractivity contribution in [2.75, 3.05) is 11.9 Å². The first-order valence-corrected chi connectivity index (χ1v) is 10.8. The molecule has 2 saturated carbocycles. The molecule has 0 spiro atoms. The average molecular weight is 438 g/mol. The summed E-state index contributed by atoms with van der Waals surface area (Å²) < 4.78 is 55.7. The number of halogens is 4. The van der Waals surface area contributed by atoms with Crippen molar-refractivity contribution in [1.29, 1.82) is 0 Å². The quantitative estimate of drug-likeness (QED) is 0.593. The van der Waals surface area contributed by atoms with Crippen molar-refractivity contribution in [1.82, 2.24) is 15.0 Å². The second-order valence-corrected chi connectivity index (χ2v) is 8.58. The zero-order valence-electron chi connectivity index (χ0n) is 17.2. The number of hydrogen-bond donors (Lipinski definition) is 1. The summed E-state index contributed by atoms with van der Waals surface area (Å²) in [5.41, 5.74) is 0.792. The van der Waals surface area contributed by atoms with Gasteiger partial charge < -0.3 is 10.1 Å². The van der Waals surface area contributed by atoms with Gasteiger partial charge in [0.2, 0.25) is 5.95 Å². The van der Waals surface area contributed by atoms with Crippen molar-refractivity contribution in [3.8, 4) is 6.01 Å². The van der Waals surface area contributed by atoms with Gasteiger partial charge in [0.05, 0.1) is 0 Å². The predicted octanol–water partition coefficient (Wildman–Crippen LogP) is 5.32. The first-order valence-electron chi connectivity index (χ1n) is 10.8. The Kier molecular flexibility index (Phi) is 6.57. The summed E-state index contributed by atoms with van der Waals surface area (Å²) in [7, 11) is 0. The molecule has 0 saturated heterocycles. The van der Waals surface area contributed by atoms with Gasteiger partial charge >= 0.3 is 12.2 Å². The Balaban J connectivity index is 1.46. The van der Waals surface area contributed by atoms with Crippen LogP contribution in [0.5, 0.6) is 6.01 Å². The van der Waals surface area contributed by atoms with Crippen LogP contribution in [0.3, 0.4) is 0 Å². The molecular formula is C22H26F4N4O. The van der Waals surface area contributed by atoms with Crippen molar-refractivity contribution >= 4 is 5.95 Å². The summed E-state index contributed by atoms with van der Waals surface area (Å²) in [5, 5.41) is 2.99. The molecule has 1 N–H and O–H groups in total. The first kappa shape index (κ1) is 21.8. The third-order valence-electron chi connectivity index (χ3n) is 6.26. The number of benzene rings is 1. The molecule has 0 aliphatic heterocycles. The zero-order valence-corrected chi connectivity index (χ0v) is 17.2. The number of hydrogen-bond acceptors (Lipinski definition) is 5. The van der Waals surface area contributed by atoms with E-state index in [-0.39, 0.29) is 17.8 Å². The van der Waals surface area contributed by atoms with Crippen LogP contribution in [0.1, 0.15) is 49.9 Å². The van der Waals surface area contributed by atoms with E-state index in [9.17, 15) is 17.6 Å². The lowest BCUT2D eigenvalue weighted by Gasteiger charge is -2.31. The van der Waals surface area contributed by atoms with Gasteiger partial charge in [-0.1, -0.05) is 31.4 Å². The van der Waals surface area contributed by atoms with Gasteiger partial charge in [-0.2, -0.15) is 28.1 Å². The molecule has 5 nitrogen and oxygen atoms in total. The van der Waals surface area contributed by atoms with Crippen molar-refractivity contribution < 1.29 is 22.3 Å². The number of alkyl halides is 3. The molecule has 31 heavy (non-hydrogen) atoms. The topological polar surface area (TPSA) is 59.9 Å². The van der Waals surface area contributed by atoms with E-state index in [0.717, 1.165) is 30.2 Å². The van der Waals surface area contributed by atoms with E-state index in [1.54, 1.807) is 12.1 Å². The third kappa shape index (κ3) is 6.27. The average Bonchev–Trinajstić information content (AvgIpc) is 3.19. The van der Waals surface area contributed by atoms with E-state index in [4.69, 9.17) is 4.74 Å². The van der Waals surface area contributed by atoms with Crippen LogP contribution in [0.2, 0.25) is 0 Å². The van der Waals surface area contributed by atoms with E-state index in [1.165, 1.54) is 37.8 Å². The van der Waals surface area contributed by atoms with E-state index < -0.39 is 12.8 Å². The third-order valence-corrected chi connectivity index (χ3v) is 6.26. The van der Waals surface area contributed by atoms with Gasteiger partial charge in [-0.15, -0.1) is 0 Å². The van der Waals surface area contributed by atoms with Crippen LogP contribution in [-0.4, -0.2) is 27.7 Å². The summed E-state index contributed by atoms with van der Waals surface area (Å²) in [4.78, 5) is 12.6. The van der Waals surface area contributed by atoms with Crippen LogP contribution in [0.25, 0.3) is 0 Å². The number of ether oxygens (including phenoxy) is 1. The Morgan fingerprint density at radius 2 is 1.74 bits per heavy atom. The summed E-state index contributed by atoms with van der Waals surface area (Å²) in [6.07, 6.45) is 3.40. The summed E-state index contributed by atoms with van der Waals surface area (Å²) in [5.74, 6) is 2.25. The maximum absolute atomic E-state index is 13.1. The molecule has 2 aromatic rings. The fraction of sp³-hybridized carbons (Fsp3) is 0.591. The maximum atomic E-state index is 13.1. The predicted molar refractivity (Wildman–Crippen MR) is 107 cm³/mol. The van der Waals surface area contributed by atoms with Gasteiger partial charge in [-0.3, -0.25) is 0 Å². The van der Waals surface area contributed by atoms with Crippen LogP contribution in [0.15, 0.2) is 24.3 Å². The van der Waals surface area contributed by atoms with Gasteiger partial charge in [0, 0.05) is 13.0 Å². The maximum Gasteiger partial charge on any atom is 0.422 e. The van der Waals surface area contributed by atoms with Crippen molar-refractivity contribution in [3.05, 3.63) is 41.5 Å². The van der Waals surface area contributed by atoms with Gasteiger partial charge in [0.15, 0.2) is 6.61 Å². The lowest BCUT2D eigenvalue weighted by atomic mass is 9.75. The molecule has 0 amide bonds. The molecule has 1 aromatic carbocycles. The van der Waals surface area contributed by atoms with Crippen LogP contribution >= 0.6 is 0 Å². The zero-order chi connectivity index (χ0) is 21.8. The second-order valence-electron chi connectivity index (χ2n) is 8.58. The normalized spacial score (nSPS) is 23.4. The molecule has 1 heterocycles. The Morgan fingerprint density at radius 1 is 0.968 bits per heavy atom. The van der Waals surface area contributed by atoms with E-state index in [2.05, 4.69) is 20.3 Å². The second kappa shape index (κ2) is 9.36. The lowest BCUT2D eigenvalue weighted by molar-refractivity contribution is -0.154. The van der Waals surface area contributed by atoms with Crippen molar-refractivity contribution in [3.63, 3.8) is 0 Å². The van der Waals surface area contributed by atoms with Crippen LogP contribution in [0.4, 0.5) is 23.5 Å². The number of nitrogens with one attached hydrogen (secondary N) is 1. The SMILES string of the molecule is Fc1ccc(CNc2nc(CC3CCC4CCCC4C3)nc(OCC(F)(F)F)n2)cc1. The standard InChI is InChI=1S/C22H26F4N4O/c23-18-8-5-14(6-9-18)12-27-20-28-19(29-21(30-20)31-13-22(24,25)26)11-15-4-7-16-2-1-3-17(16)10-15/h5-6,8-9,15-17H,1-4,7,10-13H2,(H,27,28,29,30). The van der Waals surface area contributed by atoms with E-state index in [1.807, 2.05) is 0 Å². The summed E-state index contributed by atoms with van der Waals surface area (Å²) in [6, 6.07) is 5.58. The molecule has 2 aliphatic carbocycles. The molecule has 4 rings (SSSR count). The highest BCUT2D eigenvalue weighted by atomic mass is 19.4. The van der Waals surface area contributed by atoms with Crippen LogP contribution in [0, 0.1) is 23.6 Å². The van der Waals surface area contributed by atoms with E-state index in [0.29, 0.717) is 24.7 Å². The molecule has 2 aliphatic rings. The van der Waals surface area contributed by atoms with Gasteiger partial charge in [0.25, 0.3) is 0 Å². The highest BCUT2D eigenvalue weighted by molar-refractivity contribution is 5.29. The highest BCUT2D eigenvalue weighted by Gasteiger charge is 2.34. The first-order chi connectivity index (χ1) is 14.8. The molecule has 3 atom stereocenters. The molecular weight excluding hydrogens is 412 g/mol. The van der Waals surface area contributed by atoms with Gasteiger partial charge in [-0.25, -0.2) is 4.39 Å². The van der Waals surface area contributed by atoms with Gasteiger partial charge in [-0.05, 0) is 54.7 Å². The minimum absolute atomic E-state index is 0.154. The lowest BCUT2D eigenvalue weighted by Crippen LogP contribution is -2.24. The molecule has 3 unspecified atom stereocenters. The van der Waals surface area contributed by atoms with Crippen LogP contribution < -0.4 is 10.1 Å². The number of aromatic nitrogens is 3. The Labute approximate surface area is 178 Å². The Hall–Kier alpha value is -2.45. The number of rotatable bonds is 7. The van der Waals surface area contributed by atoms with Gasteiger partial charge in [0.1, 0.15) is 11.6 Å². The Morgan fingerprint density at radius 3 is 2.52 bits per heavy atom. The summed E-state index contributed by atoms with van der Waals surface area (Å²) >= 11 is 0. The molecule has 1 aromatic heterocycles. The molecule has 168 valence electrons. The minimum atomic E-state index is -4.48. The van der Waals surface area contributed by atoms with E-state index >= 15 is 0 Å². The van der Waals surface area contributed by atoms with Crippen LogP contribution in [-0.2, 0) is 13.0 Å². The molecule has 0 bridgehead atoms. The Bertz CT molecular complexity index is 875. The number of anilines is 1. The highest BCUT2D eigenvalue weighted by Crippen LogP contribution is 2.44. The van der Waals surface area contributed by atoms with Crippen molar-refractivity contribution in [2.24, 2.45) is 17.8 Å². The smallest absolute Gasteiger partial charge is 0.422 e. The fourth-order valence-electron chi connectivity index (χ4n) is 4.81.